The third kappa shape index (κ3) is 3.64. The topological polar surface area (TPSA) is 108 Å². The number of hydrogen-bond acceptors (Lipinski definition) is 6. The normalized spacial score (nSPS) is 10.6. The Morgan fingerprint density at radius 3 is 2.54 bits per heavy atom. The first-order valence-corrected chi connectivity index (χ1v) is 8.63. The van der Waals surface area contributed by atoms with Crippen LogP contribution in [0.25, 0.3) is 11.3 Å². The summed E-state index contributed by atoms with van der Waals surface area (Å²) < 4.78 is 10.3. The van der Waals surface area contributed by atoms with Crippen molar-refractivity contribution in [2.45, 2.75) is 6.92 Å². The first kappa shape index (κ1) is 19.7. The number of hydrogen-bond donors (Lipinski definition) is 1. The van der Waals surface area contributed by atoms with E-state index in [1.807, 2.05) is 0 Å². The molecule has 0 atom stereocenters. The number of aryl methyl sites for hydroxylation is 1. The molecule has 0 aliphatic heterocycles. The Bertz CT molecular complexity index is 1060. The fourth-order valence-corrected chi connectivity index (χ4v) is 3.19. The van der Waals surface area contributed by atoms with E-state index in [1.54, 1.807) is 25.1 Å². The van der Waals surface area contributed by atoms with Gasteiger partial charge in [0, 0.05) is 11.6 Å². The zero-order valence-corrected chi connectivity index (χ0v) is 16.2. The second-order valence-electron chi connectivity index (χ2n) is 5.65. The summed E-state index contributed by atoms with van der Waals surface area (Å²) in [6.07, 6.45) is 0. The van der Waals surface area contributed by atoms with E-state index in [0.717, 1.165) is 0 Å². The fourth-order valence-electron chi connectivity index (χ4n) is 2.62. The molecule has 1 aromatic heterocycles. The van der Waals surface area contributed by atoms with E-state index in [4.69, 9.17) is 32.5 Å². The largest absolute Gasteiger partial charge is 0.494 e. The maximum absolute atomic E-state index is 12.9. The Balaban J connectivity index is 2.01. The van der Waals surface area contributed by atoms with Gasteiger partial charge in [-0.2, -0.15) is 0 Å². The molecular weight excluding hydrogens is 409 g/mol. The number of halogens is 2. The van der Waals surface area contributed by atoms with Crippen LogP contribution in [0.5, 0.6) is 5.75 Å². The summed E-state index contributed by atoms with van der Waals surface area (Å²) >= 11 is 12.4. The highest BCUT2D eigenvalue weighted by Gasteiger charge is 2.26. The minimum absolute atomic E-state index is 0.133. The van der Waals surface area contributed by atoms with Crippen LogP contribution in [0.2, 0.25) is 10.0 Å². The van der Waals surface area contributed by atoms with Crippen LogP contribution in [0.3, 0.4) is 0 Å². The third-order valence-corrected chi connectivity index (χ3v) is 4.56. The van der Waals surface area contributed by atoms with Crippen molar-refractivity contribution in [2.75, 3.05) is 12.4 Å². The van der Waals surface area contributed by atoms with Gasteiger partial charge in [-0.3, -0.25) is 14.9 Å². The minimum Gasteiger partial charge on any atom is -0.494 e. The lowest BCUT2D eigenvalue weighted by molar-refractivity contribution is -0.384. The lowest BCUT2D eigenvalue weighted by Gasteiger charge is -2.11. The van der Waals surface area contributed by atoms with Crippen LogP contribution >= 0.6 is 23.2 Å². The number of carbonyl (C=O) groups is 1. The first-order chi connectivity index (χ1) is 13.3. The van der Waals surface area contributed by atoms with E-state index in [-0.39, 0.29) is 34.1 Å². The van der Waals surface area contributed by atoms with Crippen molar-refractivity contribution in [3.05, 3.63) is 67.9 Å². The Labute approximate surface area is 169 Å². The second kappa shape index (κ2) is 7.87. The summed E-state index contributed by atoms with van der Waals surface area (Å²) in [4.78, 5) is 23.3. The average molecular weight is 422 g/mol. The lowest BCUT2D eigenvalue weighted by Crippen LogP contribution is -2.14. The molecule has 28 heavy (non-hydrogen) atoms. The molecule has 0 bridgehead atoms. The third-order valence-electron chi connectivity index (χ3n) is 3.93. The standard InChI is InChI=1S/C18H13Cl2N3O5/c1-9-15(17(22-28-9)16-11(19)4-3-5-12(16)20)18(24)21-13-7-6-10(23(25)26)8-14(13)27-2/h3-8H,1-2H3,(H,21,24). The molecule has 0 saturated carbocycles. The summed E-state index contributed by atoms with van der Waals surface area (Å²) in [6, 6.07) is 8.75. The summed E-state index contributed by atoms with van der Waals surface area (Å²) in [5, 5.41) is 18.1. The van der Waals surface area contributed by atoms with Gasteiger partial charge in [0.2, 0.25) is 0 Å². The molecule has 0 radical (unpaired) electrons. The summed E-state index contributed by atoms with van der Waals surface area (Å²) in [5.74, 6) is -0.171. The molecule has 0 spiro atoms. The van der Waals surface area contributed by atoms with Gasteiger partial charge in [0.15, 0.2) is 0 Å². The van der Waals surface area contributed by atoms with Crippen molar-refractivity contribution >= 4 is 40.5 Å². The molecular formula is C18H13Cl2N3O5. The summed E-state index contributed by atoms with van der Waals surface area (Å²) in [5.41, 5.74) is 0.764. The van der Waals surface area contributed by atoms with E-state index in [9.17, 15) is 14.9 Å². The quantitative estimate of drug-likeness (QED) is 0.451. The van der Waals surface area contributed by atoms with Gasteiger partial charge < -0.3 is 14.6 Å². The van der Waals surface area contributed by atoms with Crippen LogP contribution in [-0.2, 0) is 0 Å². The molecule has 1 heterocycles. The molecule has 0 saturated heterocycles. The van der Waals surface area contributed by atoms with Crippen molar-refractivity contribution in [3.63, 3.8) is 0 Å². The molecule has 2 aromatic carbocycles. The maximum atomic E-state index is 12.9. The molecule has 0 aliphatic rings. The van der Waals surface area contributed by atoms with Crippen LogP contribution in [0, 0.1) is 17.0 Å². The number of benzene rings is 2. The number of nitro groups is 1. The van der Waals surface area contributed by atoms with Gasteiger partial charge in [0.25, 0.3) is 11.6 Å². The number of nitrogens with zero attached hydrogens (tertiary/aromatic N) is 2. The molecule has 10 heteroatoms. The zero-order valence-electron chi connectivity index (χ0n) is 14.7. The number of ether oxygens (including phenoxy) is 1. The Morgan fingerprint density at radius 1 is 1.25 bits per heavy atom. The molecule has 1 amide bonds. The first-order valence-electron chi connectivity index (χ1n) is 7.88. The lowest BCUT2D eigenvalue weighted by atomic mass is 10.1. The van der Waals surface area contributed by atoms with Gasteiger partial charge in [-0.05, 0) is 25.1 Å². The molecule has 0 aliphatic carbocycles. The highest BCUT2D eigenvalue weighted by atomic mass is 35.5. The number of rotatable bonds is 5. The predicted octanol–water partition coefficient (Wildman–Crippen LogP) is 5.13. The fraction of sp³-hybridized carbons (Fsp3) is 0.111. The van der Waals surface area contributed by atoms with Crippen molar-refractivity contribution in [1.29, 1.82) is 0 Å². The van der Waals surface area contributed by atoms with Gasteiger partial charge in [-0.15, -0.1) is 0 Å². The number of anilines is 1. The number of nitro benzene ring substituents is 1. The Hall–Kier alpha value is -3.10. The van der Waals surface area contributed by atoms with E-state index in [2.05, 4.69) is 10.5 Å². The number of aromatic nitrogens is 1. The van der Waals surface area contributed by atoms with E-state index in [0.29, 0.717) is 15.6 Å². The van der Waals surface area contributed by atoms with Gasteiger partial charge in [0.1, 0.15) is 22.8 Å². The smallest absolute Gasteiger partial charge is 0.273 e. The van der Waals surface area contributed by atoms with Crippen LogP contribution in [-0.4, -0.2) is 23.1 Å². The van der Waals surface area contributed by atoms with Gasteiger partial charge in [-0.25, -0.2) is 0 Å². The molecule has 144 valence electrons. The van der Waals surface area contributed by atoms with Crippen molar-refractivity contribution in [3.8, 4) is 17.0 Å². The van der Waals surface area contributed by atoms with Crippen LogP contribution in [0.1, 0.15) is 16.1 Å². The molecule has 0 fully saturated rings. The van der Waals surface area contributed by atoms with Crippen LogP contribution < -0.4 is 10.1 Å². The number of carbonyl (C=O) groups excluding carboxylic acids is 1. The van der Waals surface area contributed by atoms with Gasteiger partial charge in [0.05, 0.1) is 33.8 Å². The highest BCUT2D eigenvalue weighted by molar-refractivity contribution is 6.39. The Kier molecular flexibility index (Phi) is 5.53. The number of nitrogens with one attached hydrogen (secondary N) is 1. The molecule has 3 aromatic rings. The van der Waals surface area contributed by atoms with E-state index in [1.165, 1.54) is 25.3 Å². The zero-order chi connectivity index (χ0) is 20.4. The second-order valence-corrected chi connectivity index (χ2v) is 6.47. The van der Waals surface area contributed by atoms with Crippen LogP contribution in [0.4, 0.5) is 11.4 Å². The number of non-ortho nitro benzene ring substituents is 1. The Morgan fingerprint density at radius 2 is 1.93 bits per heavy atom. The molecule has 8 nitrogen and oxygen atoms in total. The maximum Gasteiger partial charge on any atom is 0.273 e. The van der Waals surface area contributed by atoms with Crippen molar-refractivity contribution < 1.29 is 19.0 Å². The molecule has 1 N–H and O–H groups in total. The van der Waals surface area contributed by atoms with Crippen molar-refractivity contribution in [1.82, 2.24) is 5.16 Å². The van der Waals surface area contributed by atoms with E-state index >= 15 is 0 Å². The van der Waals surface area contributed by atoms with Crippen LogP contribution in [0.15, 0.2) is 40.9 Å². The highest BCUT2D eigenvalue weighted by Crippen LogP contribution is 2.37. The molecule has 3 rings (SSSR count). The minimum atomic E-state index is -0.560. The summed E-state index contributed by atoms with van der Waals surface area (Å²) in [6.45, 7) is 1.57. The van der Waals surface area contributed by atoms with Crippen molar-refractivity contribution in [2.24, 2.45) is 0 Å². The number of methoxy groups -OCH3 is 1. The van der Waals surface area contributed by atoms with Gasteiger partial charge in [-0.1, -0.05) is 34.4 Å². The van der Waals surface area contributed by atoms with E-state index < -0.39 is 10.8 Å². The average Bonchev–Trinajstić information content (AvgIpc) is 3.03. The molecule has 0 unspecified atom stereocenters. The number of amides is 1. The van der Waals surface area contributed by atoms with Gasteiger partial charge >= 0.3 is 0 Å². The monoisotopic (exact) mass is 421 g/mol. The SMILES string of the molecule is COc1cc([N+](=O)[O-])ccc1NC(=O)c1c(-c2c(Cl)cccc2Cl)noc1C. The predicted molar refractivity (Wildman–Crippen MR) is 104 cm³/mol. The summed E-state index contributed by atoms with van der Waals surface area (Å²) in [7, 11) is 1.34.